The molecule has 0 aromatic heterocycles. The van der Waals surface area contributed by atoms with Gasteiger partial charge in [0, 0.05) is 43.8 Å². The Balaban J connectivity index is -0.0000000518. The molecule has 2 atom stereocenters. The van der Waals surface area contributed by atoms with Crippen LogP contribution in [-0.2, 0) is 0 Å². The first-order valence-corrected chi connectivity index (χ1v) is 16.5. The van der Waals surface area contributed by atoms with Crippen LogP contribution in [0.3, 0.4) is 0 Å². The van der Waals surface area contributed by atoms with Gasteiger partial charge in [0.15, 0.2) is 0 Å². The van der Waals surface area contributed by atoms with Crippen LogP contribution >= 0.6 is 0 Å². The summed E-state index contributed by atoms with van der Waals surface area (Å²) >= 11 is 0. The summed E-state index contributed by atoms with van der Waals surface area (Å²) in [6, 6.07) is 2.45. The zero-order valence-corrected chi connectivity index (χ0v) is 29.6. The minimum Gasteiger partial charge on any atom is -0.394 e. The van der Waals surface area contributed by atoms with E-state index in [1.54, 1.807) is 0 Å². The summed E-state index contributed by atoms with van der Waals surface area (Å²) in [5.74, 6) is 1.70. The fourth-order valence-corrected chi connectivity index (χ4v) is 3.89. The third-order valence-corrected chi connectivity index (χ3v) is 7.64. The fraction of sp³-hybridized carbons (Fsp3) is 1.00. The van der Waals surface area contributed by atoms with Gasteiger partial charge in [0.05, 0.1) is 18.8 Å². The summed E-state index contributed by atoms with van der Waals surface area (Å²) in [5.41, 5.74) is 0. The van der Waals surface area contributed by atoms with Crippen LogP contribution < -0.4 is 5.32 Å². The van der Waals surface area contributed by atoms with Crippen LogP contribution in [0.25, 0.3) is 0 Å². The zero-order valence-electron chi connectivity index (χ0n) is 29.6. The molecule has 0 aliphatic carbocycles. The van der Waals surface area contributed by atoms with Gasteiger partial charge < -0.3 is 30.4 Å². The molecule has 0 aromatic carbocycles. The van der Waals surface area contributed by atoms with Crippen molar-refractivity contribution in [3.05, 3.63) is 0 Å². The molecule has 2 fully saturated rings. The van der Waals surface area contributed by atoms with Gasteiger partial charge in [0.2, 0.25) is 0 Å². The Hall–Kier alpha value is -0.280. The predicted molar refractivity (Wildman–Crippen MR) is 218 cm³/mol. The number of β-amino-alcohol motifs (C(OH)–C–C–N with tert-alkyl or cyclic N) is 1. The normalized spacial score (nSPS) is 16.0. The Labute approximate surface area is 296 Å². The second-order valence-electron chi connectivity index (χ2n) is 13.1. The molecule has 0 amide bonds. The Kier molecular flexibility index (Phi) is 63.0. The summed E-state index contributed by atoms with van der Waals surface area (Å²) in [4.78, 5) is 7.24. The first-order valence-electron chi connectivity index (χ1n) is 16.5. The van der Waals surface area contributed by atoms with E-state index in [1.165, 1.54) is 39.0 Å². The summed E-state index contributed by atoms with van der Waals surface area (Å²) < 4.78 is 0. The Bertz CT molecular complexity index is 495. The minimum atomic E-state index is -0.618. The molecule has 0 radical (unpaired) electrons. The number of rotatable bonds is 10. The highest BCUT2D eigenvalue weighted by atomic mass is 16.3. The first kappa shape index (κ1) is 67.8. The summed E-state index contributed by atoms with van der Waals surface area (Å²) in [5, 5.41) is 29.2. The number of hydrogen-bond donors (Lipinski definition) is 4. The van der Waals surface area contributed by atoms with Crippen molar-refractivity contribution < 1.29 is 15.3 Å². The molecule has 2 saturated heterocycles. The highest BCUT2D eigenvalue weighted by Gasteiger charge is 2.21. The van der Waals surface area contributed by atoms with Crippen LogP contribution in [0.1, 0.15) is 161 Å². The summed E-state index contributed by atoms with van der Waals surface area (Å²) in [7, 11) is 0. The van der Waals surface area contributed by atoms with E-state index < -0.39 is 6.10 Å². The standard InChI is InChI=1S/C7H15NO.C7H15N.C7H17N.C6H15NO2.C6H14.6CH4/c1-6(2)8-4-3-7(9)5-8;1-7(2)8-5-3-4-6-8;1-5-8(6-2)7(3)4;1-5(2)7-3-6(9)4-8;1-5(2)6(3)4;;;;;;/h6-7,9H,3-5H2,1-2H3;7H,3-6H2,1-2H3;7H,5-6H2,1-4H3;5-9H,3-4H2,1-2H3;5-6H,1-4H3;6*1H4. The average molecular weight is 673 g/mol. The van der Waals surface area contributed by atoms with E-state index in [2.05, 4.69) is 103 Å². The maximum absolute atomic E-state index is 9.11. The number of nitrogens with one attached hydrogen (secondary N) is 1. The lowest BCUT2D eigenvalue weighted by molar-refractivity contribution is 0.0928. The quantitative estimate of drug-likeness (QED) is 0.184. The van der Waals surface area contributed by atoms with Gasteiger partial charge in [-0.2, -0.15) is 0 Å². The number of hydrogen-bond acceptors (Lipinski definition) is 7. The molecule has 46 heavy (non-hydrogen) atoms. The predicted octanol–water partition coefficient (Wildman–Crippen LogP) is 9.14. The van der Waals surface area contributed by atoms with Crippen LogP contribution in [-0.4, -0.2) is 119 Å². The van der Waals surface area contributed by atoms with Gasteiger partial charge >= 0.3 is 0 Å². The molecule has 2 aliphatic rings. The maximum Gasteiger partial charge on any atom is 0.0895 e. The second-order valence-corrected chi connectivity index (χ2v) is 13.1. The van der Waals surface area contributed by atoms with Crippen molar-refractivity contribution in [2.45, 2.75) is 197 Å². The van der Waals surface area contributed by atoms with Crippen molar-refractivity contribution >= 4 is 0 Å². The van der Waals surface area contributed by atoms with Crippen LogP contribution in [0.4, 0.5) is 0 Å². The largest absolute Gasteiger partial charge is 0.394 e. The molecule has 294 valence electrons. The molecule has 2 rings (SSSR count). The van der Waals surface area contributed by atoms with Crippen LogP contribution in [0, 0.1) is 11.8 Å². The van der Waals surface area contributed by atoms with E-state index in [4.69, 9.17) is 15.3 Å². The number of aliphatic hydroxyl groups is 3. The highest BCUT2D eigenvalue weighted by molar-refractivity contribution is 4.76. The van der Waals surface area contributed by atoms with E-state index >= 15 is 0 Å². The lowest BCUT2D eigenvalue weighted by Gasteiger charge is -2.21. The van der Waals surface area contributed by atoms with Crippen molar-refractivity contribution in [2.75, 3.05) is 52.4 Å². The van der Waals surface area contributed by atoms with E-state index in [-0.39, 0.29) is 57.3 Å². The van der Waals surface area contributed by atoms with E-state index in [0.717, 1.165) is 37.4 Å². The van der Waals surface area contributed by atoms with Gasteiger partial charge in [-0.3, -0.25) is 4.90 Å². The van der Waals surface area contributed by atoms with E-state index in [0.29, 0.717) is 24.7 Å². The molecule has 0 bridgehead atoms. The topological polar surface area (TPSA) is 82.4 Å². The van der Waals surface area contributed by atoms with Gasteiger partial charge in [0.25, 0.3) is 0 Å². The molecule has 0 aromatic rings. The summed E-state index contributed by atoms with van der Waals surface area (Å²) in [6.07, 6.45) is 3.11. The Morgan fingerprint density at radius 2 is 1.07 bits per heavy atom. The zero-order chi connectivity index (χ0) is 31.8. The SMILES string of the molecule is C.C.C.C.C.C.CC(C)C(C)C.CC(C)N1CCC(O)C1.CC(C)N1CCCC1.CC(C)NCC(O)CO.CCN(CC)C(C)C. The molecule has 7 nitrogen and oxygen atoms in total. The van der Waals surface area contributed by atoms with Crippen molar-refractivity contribution in [3.63, 3.8) is 0 Å². The number of likely N-dealkylation sites (tertiary alicyclic amines) is 2. The van der Waals surface area contributed by atoms with Gasteiger partial charge in [0.1, 0.15) is 0 Å². The lowest BCUT2D eigenvalue weighted by Crippen LogP contribution is -2.33. The summed E-state index contributed by atoms with van der Waals surface area (Å²) in [6.45, 7) is 37.9. The smallest absolute Gasteiger partial charge is 0.0895 e. The van der Waals surface area contributed by atoms with Crippen LogP contribution in [0.2, 0.25) is 0 Å². The van der Waals surface area contributed by atoms with Gasteiger partial charge in [-0.05, 0) is 98.8 Å². The van der Waals surface area contributed by atoms with E-state index in [9.17, 15) is 0 Å². The molecule has 2 aliphatic heterocycles. The fourth-order valence-electron chi connectivity index (χ4n) is 3.89. The average Bonchev–Trinajstić information content (AvgIpc) is 3.57. The molecular weight excluding hydrogens is 572 g/mol. The number of aliphatic hydroxyl groups excluding tert-OH is 3. The van der Waals surface area contributed by atoms with E-state index in [1.807, 2.05) is 13.8 Å². The van der Waals surface area contributed by atoms with Gasteiger partial charge in [-0.1, -0.05) is 99.9 Å². The van der Waals surface area contributed by atoms with Crippen molar-refractivity contribution in [1.82, 2.24) is 20.0 Å². The Morgan fingerprint density at radius 3 is 1.22 bits per heavy atom. The van der Waals surface area contributed by atoms with Crippen LogP contribution in [0.15, 0.2) is 0 Å². The molecule has 4 N–H and O–H groups in total. The molecule has 2 heterocycles. The molecular formula is C39H100N4O3. The Morgan fingerprint density at radius 1 is 0.674 bits per heavy atom. The third-order valence-electron chi connectivity index (χ3n) is 7.64. The lowest BCUT2D eigenvalue weighted by atomic mass is 10.0. The highest BCUT2D eigenvalue weighted by Crippen LogP contribution is 2.11. The first-order chi connectivity index (χ1) is 18.5. The number of nitrogens with zero attached hydrogens (tertiary/aromatic N) is 3. The van der Waals surface area contributed by atoms with Gasteiger partial charge in [-0.25, -0.2) is 0 Å². The molecule has 7 heteroatoms. The maximum atomic E-state index is 9.11. The monoisotopic (exact) mass is 673 g/mol. The van der Waals surface area contributed by atoms with Gasteiger partial charge in [-0.15, -0.1) is 0 Å². The third kappa shape index (κ3) is 43.7. The molecule has 0 saturated carbocycles. The molecule has 2 unspecified atom stereocenters. The second kappa shape index (κ2) is 42.7. The van der Waals surface area contributed by atoms with Crippen molar-refractivity contribution in [3.8, 4) is 0 Å². The van der Waals surface area contributed by atoms with Crippen molar-refractivity contribution in [2.24, 2.45) is 11.8 Å². The minimum absolute atomic E-state index is 0. The van der Waals surface area contributed by atoms with Crippen LogP contribution in [0.5, 0.6) is 0 Å². The van der Waals surface area contributed by atoms with Crippen molar-refractivity contribution in [1.29, 1.82) is 0 Å². The molecule has 0 spiro atoms.